The van der Waals surface area contributed by atoms with Crippen molar-refractivity contribution in [3.05, 3.63) is 11.6 Å². The predicted molar refractivity (Wildman–Crippen MR) is 55.3 cm³/mol. The Labute approximate surface area is 81.4 Å². The summed E-state index contributed by atoms with van der Waals surface area (Å²) < 4.78 is 0. The maximum atomic E-state index is 2.56. The van der Waals surface area contributed by atoms with Crippen LogP contribution in [0.15, 0.2) is 11.6 Å². The van der Waals surface area contributed by atoms with E-state index in [4.69, 9.17) is 0 Å². The highest BCUT2D eigenvalue weighted by Crippen LogP contribution is 2.64. The Morgan fingerprint density at radius 3 is 2.85 bits per heavy atom. The van der Waals surface area contributed by atoms with E-state index in [1.807, 2.05) is 0 Å². The highest BCUT2D eigenvalue weighted by molar-refractivity contribution is 5.31. The summed E-state index contributed by atoms with van der Waals surface area (Å²) in [6.07, 6.45) is 7.05. The molecular formula is C13H20. The summed E-state index contributed by atoms with van der Waals surface area (Å²) in [4.78, 5) is 0. The zero-order valence-electron chi connectivity index (χ0n) is 9.01. The van der Waals surface area contributed by atoms with Crippen LogP contribution < -0.4 is 0 Å². The molecule has 0 aromatic heterocycles. The number of fused-ring (bicyclic) bond motifs is 3. The monoisotopic (exact) mass is 176 g/mol. The van der Waals surface area contributed by atoms with Crippen molar-refractivity contribution in [3.63, 3.8) is 0 Å². The Hall–Kier alpha value is -0.260. The fourth-order valence-electron chi connectivity index (χ4n) is 4.21. The van der Waals surface area contributed by atoms with Crippen LogP contribution in [0, 0.1) is 29.1 Å². The van der Waals surface area contributed by atoms with Crippen molar-refractivity contribution in [2.24, 2.45) is 29.1 Å². The molecule has 72 valence electrons. The summed E-state index contributed by atoms with van der Waals surface area (Å²) >= 11 is 0. The summed E-state index contributed by atoms with van der Waals surface area (Å²) in [6, 6.07) is 0. The molecule has 0 radical (unpaired) electrons. The van der Waals surface area contributed by atoms with E-state index in [2.05, 4.69) is 26.8 Å². The lowest BCUT2D eigenvalue weighted by Gasteiger charge is -2.62. The van der Waals surface area contributed by atoms with Gasteiger partial charge >= 0.3 is 0 Å². The Kier molecular flexibility index (Phi) is 1.38. The molecule has 5 unspecified atom stereocenters. The van der Waals surface area contributed by atoms with E-state index in [1.54, 1.807) is 5.57 Å². The van der Waals surface area contributed by atoms with Crippen LogP contribution in [0.25, 0.3) is 0 Å². The molecule has 0 amide bonds. The first kappa shape index (κ1) is 8.08. The predicted octanol–water partition coefficient (Wildman–Crippen LogP) is 3.63. The van der Waals surface area contributed by atoms with Crippen LogP contribution in [0.2, 0.25) is 0 Å². The van der Waals surface area contributed by atoms with Crippen molar-refractivity contribution in [2.75, 3.05) is 0 Å². The standard InChI is InChI=1S/C13H20/c1-8-6-10-4-5-13(3)9(2)7-11(13)12(8)10/h7-8,10-12H,4-6H2,1-3H3. The lowest BCUT2D eigenvalue weighted by molar-refractivity contribution is -0.0622. The second-order valence-electron chi connectivity index (χ2n) is 5.88. The van der Waals surface area contributed by atoms with Gasteiger partial charge in [0.2, 0.25) is 0 Å². The van der Waals surface area contributed by atoms with Gasteiger partial charge in [0.1, 0.15) is 0 Å². The Balaban J connectivity index is 1.91. The maximum absolute atomic E-state index is 2.56. The Bertz CT molecular complexity index is 276. The zero-order chi connectivity index (χ0) is 9.22. The lowest BCUT2D eigenvalue weighted by Crippen LogP contribution is -2.54. The van der Waals surface area contributed by atoms with E-state index in [0.29, 0.717) is 5.41 Å². The second kappa shape index (κ2) is 2.21. The zero-order valence-corrected chi connectivity index (χ0v) is 9.01. The average molecular weight is 176 g/mol. The maximum Gasteiger partial charge on any atom is -0.00533 e. The van der Waals surface area contributed by atoms with Crippen LogP contribution >= 0.6 is 0 Å². The lowest BCUT2D eigenvalue weighted by atomic mass is 9.43. The molecule has 5 atom stereocenters. The highest BCUT2D eigenvalue weighted by atomic mass is 14.6. The Morgan fingerprint density at radius 1 is 1.46 bits per heavy atom. The molecule has 13 heavy (non-hydrogen) atoms. The first-order valence-corrected chi connectivity index (χ1v) is 5.82. The van der Waals surface area contributed by atoms with Crippen LogP contribution in [-0.2, 0) is 0 Å². The van der Waals surface area contributed by atoms with Crippen molar-refractivity contribution < 1.29 is 0 Å². The first-order valence-electron chi connectivity index (χ1n) is 5.82. The van der Waals surface area contributed by atoms with Crippen molar-refractivity contribution in [3.8, 4) is 0 Å². The molecule has 0 spiro atoms. The van der Waals surface area contributed by atoms with Crippen molar-refractivity contribution >= 4 is 0 Å². The molecule has 0 bridgehead atoms. The van der Waals surface area contributed by atoms with Gasteiger partial charge < -0.3 is 0 Å². The molecule has 2 fully saturated rings. The van der Waals surface area contributed by atoms with E-state index < -0.39 is 0 Å². The van der Waals surface area contributed by atoms with Gasteiger partial charge in [-0.1, -0.05) is 25.5 Å². The van der Waals surface area contributed by atoms with Gasteiger partial charge in [-0.2, -0.15) is 0 Å². The molecule has 2 saturated carbocycles. The van der Waals surface area contributed by atoms with Gasteiger partial charge in [0.25, 0.3) is 0 Å². The van der Waals surface area contributed by atoms with Gasteiger partial charge in [0, 0.05) is 0 Å². The normalized spacial score (nSPS) is 58.2. The summed E-state index contributed by atoms with van der Waals surface area (Å²) in [5, 5.41) is 0. The molecule has 0 saturated heterocycles. The average Bonchev–Trinajstić information content (AvgIpc) is 2.09. The molecule has 3 aliphatic rings. The van der Waals surface area contributed by atoms with Gasteiger partial charge in [-0.25, -0.2) is 0 Å². The fraction of sp³-hybridized carbons (Fsp3) is 0.846. The molecule has 0 N–H and O–H groups in total. The summed E-state index contributed by atoms with van der Waals surface area (Å²) in [6.45, 7) is 7.28. The fourth-order valence-corrected chi connectivity index (χ4v) is 4.21. The number of hydrogen-bond acceptors (Lipinski definition) is 0. The molecule has 0 aromatic rings. The van der Waals surface area contributed by atoms with Gasteiger partial charge in [0.15, 0.2) is 0 Å². The molecule has 0 nitrogen and oxygen atoms in total. The van der Waals surface area contributed by atoms with Crippen LogP contribution in [0.3, 0.4) is 0 Å². The van der Waals surface area contributed by atoms with Crippen LogP contribution in [0.4, 0.5) is 0 Å². The molecule has 3 aliphatic carbocycles. The van der Waals surface area contributed by atoms with Crippen LogP contribution in [0.1, 0.15) is 40.0 Å². The summed E-state index contributed by atoms with van der Waals surface area (Å²) in [5.41, 5.74) is 2.30. The number of rotatable bonds is 0. The third kappa shape index (κ3) is 0.782. The van der Waals surface area contributed by atoms with Gasteiger partial charge in [-0.3, -0.25) is 0 Å². The van der Waals surface area contributed by atoms with Crippen molar-refractivity contribution in [1.82, 2.24) is 0 Å². The van der Waals surface area contributed by atoms with Gasteiger partial charge in [-0.15, -0.1) is 0 Å². The van der Waals surface area contributed by atoms with Crippen molar-refractivity contribution in [1.29, 1.82) is 0 Å². The molecular weight excluding hydrogens is 156 g/mol. The molecule has 0 aromatic carbocycles. The highest BCUT2D eigenvalue weighted by Gasteiger charge is 2.56. The quantitative estimate of drug-likeness (QED) is 0.494. The largest absolute Gasteiger partial charge is 0.0808 e. The number of hydrogen-bond donors (Lipinski definition) is 0. The smallest absolute Gasteiger partial charge is 0.00533 e. The minimum atomic E-state index is 0.621. The van der Waals surface area contributed by atoms with Crippen LogP contribution in [0.5, 0.6) is 0 Å². The van der Waals surface area contributed by atoms with E-state index in [0.717, 1.165) is 23.7 Å². The second-order valence-corrected chi connectivity index (χ2v) is 5.88. The van der Waals surface area contributed by atoms with Crippen molar-refractivity contribution in [2.45, 2.75) is 40.0 Å². The molecule has 3 rings (SSSR count). The first-order chi connectivity index (χ1) is 6.13. The molecule has 0 heterocycles. The third-order valence-corrected chi connectivity index (χ3v) is 5.39. The number of allylic oxidation sites excluding steroid dienone is 2. The molecule has 0 heteroatoms. The van der Waals surface area contributed by atoms with E-state index in [1.165, 1.54) is 19.3 Å². The minimum Gasteiger partial charge on any atom is -0.0808 e. The Morgan fingerprint density at radius 2 is 2.23 bits per heavy atom. The van der Waals surface area contributed by atoms with Gasteiger partial charge in [0.05, 0.1) is 0 Å². The van der Waals surface area contributed by atoms with E-state index >= 15 is 0 Å². The summed E-state index contributed by atoms with van der Waals surface area (Å²) in [7, 11) is 0. The van der Waals surface area contributed by atoms with Gasteiger partial charge in [-0.05, 0) is 55.3 Å². The SMILES string of the molecule is CC1=CC2C3C(C)CC3CCC12C. The topological polar surface area (TPSA) is 0 Å². The van der Waals surface area contributed by atoms with E-state index in [9.17, 15) is 0 Å². The van der Waals surface area contributed by atoms with E-state index in [-0.39, 0.29) is 0 Å². The summed E-state index contributed by atoms with van der Waals surface area (Å²) in [5.74, 6) is 4.12. The minimum absolute atomic E-state index is 0.621. The van der Waals surface area contributed by atoms with Crippen LogP contribution in [-0.4, -0.2) is 0 Å². The third-order valence-electron chi connectivity index (χ3n) is 5.39. The molecule has 0 aliphatic heterocycles.